The summed E-state index contributed by atoms with van der Waals surface area (Å²) in [5.41, 5.74) is 0. The van der Waals surface area contributed by atoms with Crippen molar-refractivity contribution in [3.8, 4) is 0 Å². The Hall–Kier alpha value is -0.250. The predicted octanol–water partition coefficient (Wildman–Crippen LogP) is 3.72. The Bertz CT molecular complexity index is 173. The molecule has 0 heterocycles. The highest BCUT2D eigenvalue weighted by molar-refractivity contribution is 4.72. The highest BCUT2D eigenvalue weighted by atomic mass is 19.3. The zero-order valence-electron chi connectivity index (χ0n) is 9.15. The summed E-state index contributed by atoms with van der Waals surface area (Å²) in [5, 5.41) is 0. The van der Waals surface area contributed by atoms with Crippen LogP contribution in [0.15, 0.2) is 0 Å². The number of hydrogen-bond donors (Lipinski definition) is 0. The van der Waals surface area contributed by atoms with Crippen molar-refractivity contribution in [2.24, 2.45) is 0 Å². The van der Waals surface area contributed by atoms with Crippen molar-refractivity contribution in [3.63, 3.8) is 0 Å². The molecule has 0 spiro atoms. The summed E-state index contributed by atoms with van der Waals surface area (Å²) in [4.78, 5) is 0. The first-order valence-electron chi connectivity index (χ1n) is 5.63. The summed E-state index contributed by atoms with van der Waals surface area (Å²) in [7, 11) is 0. The molecule has 1 aliphatic carbocycles. The maximum absolute atomic E-state index is 12.8. The van der Waals surface area contributed by atoms with Crippen molar-refractivity contribution in [3.05, 3.63) is 0 Å². The van der Waals surface area contributed by atoms with Gasteiger partial charge in [0, 0.05) is 20.0 Å². The van der Waals surface area contributed by atoms with Gasteiger partial charge in [0.1, 0.15) is 0 Å². The molecule has 0 amide bonds. The molecule has 0 radical (unpaired) electrons. The van der Waals surface area contributed by atoms with Crippen molar-refractivity contribution in [1.82, 2.24) is 0 Å². The van der Waals surface area contributed by atoms with Crippen LogP contribution in [0, 0.1) is 0 Å². The first kappa shape index (κ1) is 12.8. The molecule has 15 heavy (non-hydrogen) atoms. The van der Waals surface area contributed by atoms with Gasteiger partial charge >= 0.3 is 0 Å². The smallest absolute Gasteiger partial charge is 0.276 e. The molecule has 0 saturated heterocycles. The Labute approximate surface area is 89.0 Å². The zero-order chi connectivity index (χ0) is 11.3. The molecule has 1 nitrogen and oxygen atoms in total. The van der Waals surface area contributed by atoms with Gasteiger partial charge in [-0.15, -0.1) is 0 Å². The molecule has 4 heteroatoms. The third-order valence-corrected chi connectivity index (χ3v) is 2.83. The van der Waals surface area contributed by atoms with Gasteiger partial charge in [0.15, 0.2) is 6.17 Å². The van der Waals surface area contributed by atoms with Gasteiger partial charge in [-0.05, 0) is 12.8 Å². The van der Waals surface area contributed by atoms with E-state index >= 15 is 0 Å². The second-order valence-corrected chi connectivity index (χ2v) is 4.34. The van der Waals surface area contributed by atoms with Crippen LogP contribution in [0.1, 0.15) is 45.4 Å². The van der Waals surface area contributed by atoms with Crippen LogP contribution in [0.3, 0.4) is 0 Å². The summed E-state index contributed by atoms with van der Waals surface area (Å²) in [6.45, 7) is 0.716. The second-order valence-electron chi connectivity index (χ2n) is 4.34. The van der Waals surface area contributed by atoms with Gasteiger partial charge in [0.2, 0.25) is 0 Å². The largest absolute Gasteiger partial charge is 0.378 e. The molecule has 0 N–H and O–H groups in total. The van der Waals surface area contributed by atoms with E-state index in [2.05, 4.69) is 0 Å². The monoisotopic (exact) mass is 224 g/mol. The fraction of sp³-hybridized carbons (Fsp3) is 1.00. The lowest BCUT2D eigenvalue weighted by Gasteiger charge is -2.23. The predicted molar refractivity (Wildman–Crippen MR) is 53.0 cm³/mol. The van der Waals surface area contributed by atoms with Gasteiger partial charge in [0.05, 0.1) is 6.10 Å². The van der Waals surface area contributed by atoms with Gasteiger partial charge in [-0.3, -0.25) is 0 Å². The van der Waals surface area contributed by atoms with Crippen LogP contribution in [-0.2, 0) is 4.74 Å². The fourth-order valence-corrected chi connectivity index (χ4v) is 1.82. The first-order chi connectivity index (χ1) is 7.00. The zero-order valence-corrected chi connectivity index (χ0v) is 9.15. The van der Waals surface area contributed by atoms with E-state index in [0.717, 1.165) is 25.7 Å². The Kier molecular flexibility index (Phi) is 4.90. The van der Waals surface area contributed by atoms with Gasteiger partial charge in [0.25, 0.3) is 5.92 Å². The number of hydrogen-bond acceptors (Lipinski definition) is 1. The lowest BCUT2D eigenvalue weighted by molar-refractivity contribution is -0.0727. The molecule has 1 rings (SSSR count). The Morgan fingerprint density at radius 3 is 2.40 bits per heavy atom. The van der Waals surface area contributed by atoms with Crippen LogP contribution in [0.5, 0.6) is 0 Å². The third-order valence-electron chi connectivity index (χ3n) is 2.83. The first-order valence-corrected chi connectivity index (χ1v) is 5.63. The van der Waals surface area contributed by atoms with E-state index in [0.29, 0.717) is 6.92 Å². The summed E-state index contributed by atoms with van der Waals surface area (Å²) in [6.07, 6.45) is 3.33. The fourth-order valence-electron chi connectivity index (χ4n) is 1.82. The van der Waals surface area contributed by atoms with Crippen molar-refractivity contribution < 1.29 is 17.9 Å². The van der Waals surface area contributed by atoms with E-state index in [-0.39, 0.29) is 19.1 Å². The molecule has 1 aliphatic rings. The molecule has 1 saturated carbocycles. The van der Waals surface area contributed by atoms with Gasteiger partial charge in [-0.2, -0.15) is 0 Å². The summed E-state index contributed by atoms with van der Waals surface area (Å²) >= 11 is 0. The maximum Gasteiger partial charge on any atom is 0.276 e. The number of alkyl halides is 3. The van der Waals surface area contributed by atoms with Crippen molar-refractivity contribution in [1.29, 1.82) is 0 Å². The van der Waals surface area contributed by atoms with E-state index in [1.807, 2.05) is 0 Å². The van der Waals surface area contributed by atoms with Crippen LogP contribution >= 0.6 is 0 Å². The molecule has 0 aliphatic heterocycles. The van der Waals surface area contributed by atoms with E-state index < -0.39 is 12.1 Å². The van der Waals surface area contributed by atoms with Crippen molar-refractivity contribution in [2.75, 3.05) is 6.61 Å². The topological polar surface area (TPSA) is 9.23 Å². The van der Waals surface area contributed by atoms with Crippen LogP contribution in [0.25, 0.3) is 0 Å². The van der Waals surface area contributed by atoms with Crippen molar-refractivity contribution >= 4 is 0 Å². The highest BCUT2D eigenvalue weighted by Gasteiger charge is 2.33. The van der Waals surface area contributed by atoms with Crippen LogP contribution in [0.2, 0.25) is 0 Å². The maximum atomic E-state index is 12.8. The standard InChI is InChI=1S/C11H19F3O/c1-11(13,14)10(12)7-8-15-9-5-3-2-4-6-9/h9-10H,2-8H2,1H3. The number of rotatable bonds is 5. The summed E-state index contributed by atoms with van der Waals surface area (Å²) < 4.78 is 43.1. The Morgan fingerprint density at radius 1 is 1.27 bits per heavy atom. The molecule has 90 valence electrons. The molecular weight excluding hydrogens is 205 g/mol. The minimum atomic E-state index is -3.24. The minimum absolute atomic E-state index is 0.106. The Morgan fingerprint density at radius 2 is 1.87 bits per heavy atom. The molecule has 0 aromatic rings. The third kappa shape index (κ3) is 4.87. The molecule has 1 unspecified atom stereocenters. The van der Waals surface area contributed by atoms with Gasteiger partial charge in [-0.1, -0.05) is 19.3 Å². The Balaban J connectivity index is 2.10. The van der Waals surface area contributed by atoms with Crippen LogP contribution in [0.4, 0.5) is 13.2 Å². The molecule has 0 aromatic heterocycles. The summed E-state index contributed by atoms with van der Waals surface area (Å²) in [6, 6.07) is 0. The van der Waals surface area contributed by atoms with E-state index in [1.54, 1.807) is 0 Å². The normalized spacial score (nSPS) is 21.6. The lowest BCUT2D eigenvalue weighted by atomic mass is 9.98. The number of halogens is 3. The van der Waals surface area contributed by atoms with Crippen molar-refractivity contribution in [2.45, 2.75) is 63.6 Å². The molecule has 0 bridgehead atoms. The average molecular weight is 224 g/mol. The SMILES string of the molecule is CC(F)(F)C(F)CCOC1CCCCC1. The lowest BCUT2D eigenvalue weighted by Crippen LogP contribution is -2.28. The summed E-state index contributed by atoms with van der Waals surface area (Å²) in [5.74, 6) is -3.24. The molecule has 1 fully saturated rings. The molecule has 0 aromatic carbocycles. The van der Waals surface area contributed by atoms with Gasteiger partial charge in [-0.25, -0.2) is 13.2 Å². The van der Waals surface area contributed by atoms with E-state index in [1.165, 1.54) is 6.42 Å². The van der Waals surface area contributed by atoms with Crippen LogP contribution in [-0.4, -0.2) is 24.8 Å². The van der Waals surface area contributed by atoms with Crippen LogP contribution < -0.4 is 0 Å². The minimum Gasteiger partial charge on any atom is -0.378 e. The quantitative estimate of drug-likeness (QED) is 0.691. The van der Waals surface area contributed by atoms with E-state index in [9.17, 15) is 13.2 Å². The molecule has 1 atom stereocenters. The highest BCUT2D eigenvalue weighted by Crippen LogP contribution is 2.24. The molecular formula is C11H19F3O. The second kappa shape index (κ2) is 5.73. The van der Waals surface area contributed by atoms with Gasteiger partial charge < -0.3 is 4.74 Å². The average Bonchev–Trinajstić information content (AvgIpc) is 2.18. The number of ether oxygens (including phenoxy) is 1. The van der Waals surface area contributed by atoms with E-state index in [4.69, 9.17) is 4.74 Å².